The van der Waals surface area contributed by atoms with Gasteiger partial charge >= 0.3 is 0 Å². The second-order valence-corrected chi connectivity index (χ2v) is 6.29. The molecule has 3 rings (SSSR count). The van der Waals surface area contributed by atoms with Crippen LogP contribution in [0.3, 0.4) is 0 Å². The number of carbonyl (C=O) groups excluding carboxylic acids is 1. The van der Waals surface area contributed by atoms with Crippen molar-refractivity contribution in [2.45, 2.75) is 32.9 Å². The minimum Gasteiger partial charge on any atom is -0.494 e. The molecule has 2 aromatic heterocycles. The number of nitrogens with zero attached hydrogens (tertiary/aromatic N) is 2. The van der Waals surface area contributed by atoms with Crippen LogP contribution in [0.5, 0.6) is 5.75 Å². The lowest BCUT2D eigenvalue weighted by atomic mass is 10.1. The molecule has 1 aromatic carbocycles. The maximum absolute atomic E-state index is 13.1. The van der Waals surface area contributed by atoms with Crippen molar-refractivity contribution in [3.05, 3.63) is 84.1 Å². The highest BCUT2D eigenvalue weighted by Crippen LogP contribution is 2.17. The van der Waals surface area contributed by atoms with Crippen molar-refractivity contribution >= 4 is 5.91 Å². The number of furan rings is 1. The van der Waals surface area contributed by atoms with Gasteiger partial charge in [0.25, 0.3) is 5.91 Å². The topological polar surface area (TPSA) is 55.6 Å². The molecule has 5 heteroatoms. The van der Waals surface area contributed by atoms with Gasteiger partial charge in [-0.1, -0.05) is 19.4 Å². The van der Waals surface area contributed by atoms with Gasteiger partial charge in [-0.05, 0) is 55.0 Å². The fourth-order valence-electron chi connectivity index (χ4n) is 2.69. The molecule has 3 aromatic rings. The lowest BCUT2D eigenvalue weighted by Crippen LogP contribution is -2.30. The van der Waals surface area contributed by atoms with E-state index in [2.05, 4.69) is 11.9 Å². The zero-order valence-electron chi connectivity index (χ0n) is 15.5. The largest absolute Gasteiger partial charge is 0.494 e. The predicted molar refractivity (Wildman–Crippen MR) is 103 cm³/mol. The van der Waals surface area contributed by atoms with Gasteiger partial charge in [0, 0.05) is 11.8 Å². The van der Waals surface area contributed by atoms with E-state index in [9.17, 15) is 4.79 Å². The van der Waals surface area contributed by atoms with E-state index in [0.29, 0.717) is 25.3 Å². The summed E-state index contributed by atoms with van der Waals surface area (Å²) in [6, 6.07) is 16.7. The van der Waals surface area contributed by atoms with Crippen molar-refractivity contribution in [2.75, 3.05) is 6.61 Å². The van der Waals surface area contributed by atoms with E-state index in [-0.39, 0.29) is 5.91 Å². The molecule has 1 amide bonds. The summed E-state index contributed by atoms with van der Waals surface area (Å²) in [5, 5.41) is 0. The first-order chi connectivity index (χ1) is 13.3. The summed E-state index contributed by atoms with van der Waals surface area (Å²) in [6.45, 7) is 3.61. The first kappa shape index (κ1) is 18.7. The fourth-order valence-corrected chi connectivity index (χ4v) is 2.69. The monoisotopic (exact) mass is 364 g/mol. The van der Waals surface area contributed by atoms with E-state index in [1.807, 2.05) is 42.5 Å². The zero-order chi connectivity index (χ0) is 18.9. The van der Waals surface area contributed by atoms with E-state index in [1.54, 1.807) is 29.5 Å². The number of hydrogen-bond acceptors (Lipinski definition) is 4. The van der Waals surface area contributed by atoms with E-state index >= 15 is 0 Å². The van der Waals surface area contributed by atoms with Gasteiger partial charge in [-0.15, -0.1) is 0 Å². The van der Waals surface area contributed by atoms with E-state index < -0.39 is 0 Å². The van der Waals surface area contributed by atoms with Crippen molar-refractivity contribution in [1.29, 1.82) is 0 Å². The third-order valence-corrected chi connectivity index (χ3v) is 4.16. The van der Waals surface area contributed by atoms with Crippen LogP contribution in [0.4, 0.5) is 0 Å². The Morgan fingerprint density at radius 3 is 2.59 bits per heavy atom. The molecule has 0 N–H and O–H groups in total. The van der Waals surface area contributed by atoms with E-state index in [0.717, 1.165) is 30.0 Å². The number of rotatable bonds is 9. The SMILES string of the molecule is CCCCOc1ccc(C(=O)N(Cc2ccccn2)Cc2ccco2)cc1. The maximum Gasteiger partial charge on any atom is 0.254 e. The number of ether oxygens (including phenoxy) is 1. The standard InChI is InChI=1S/C22H24N2O3/c1-2-3-14-26-20-11-9-18(10-12-20)22(25)24(17-21-8-6-15-27-21)16-19-7-4-5-13-23-19/h4-13,15H,2-3,14,16-17H2,1H3. The number of aromatic nitrogens is 1. The molecule has 0 saturated heterocycles. The highest BCUT2D eigenvalue weighted by Gasteiger charge is 2.18. The number of amides is 1. The van der Waals surface area contributed by atoms with Crippen LogP contribution in [-0.2, 0) is 13.1 Å². The maximum atomic E-state index is 13.1. The number of pyridine rings is 1. The fraction of sp³-hybridized carbons (Fsp3) is 0.273. The van der Waals surface area contributed by atoms with Crippen LogP contribution in [0.15, 0.2) is 71.5 Å². The lowest BCUT2D eigenvalue weighted by molar-refractivity contribution is 0.0715. The van der Waals surface area contributed by atoms with Crippen molar-refractivity contribution in [1.82, 2.24) is 9.88 Å². The van der Waals surface area contributed by atoms with Crippen LogP contribution in [0.25, 0.3) is 0 Å². The van der Waals surface area contributed by atoms with Gasteiger partial charge in [0.1, 0.15) is 11.5 Å². The quantitative estimate of drug-likeness (QED) is 0.517. The Morgan fingerprint density at radius 2 is 1.93 bits per heavy atom. The second kappa shape index (κ2) is 9.57. The second-order valence-electron chi connectivity index (χ2n) is 6.29. The predicted octanol–water partition coefficient (Wildman–Crippen LogP) is 4.70. The Balaban J connectivity index is 1.73. The van der Waals surface area contributed by atoms with Gasteiger partial charge < -0.3 is 14.1 Å². The molecule has 0 unspecified atom stereocenters. The number of carbonyl (C=O) groups is 1. The van der Waals surface area contributed by atoms with Crippen molar-refractivity contribution in [3.63, 3.8) is 0 Å². The van der Waals surface area contributed by atoms with Gasteiger partial charge in [-0.3, -0.25) is 9.78 Å². The highest BCUT2D eigenvalue weighted by atomic mass is 16.5. The molecule has 27 heavy (non-hydrogen) atoms. The van der Waals surface area contributed by atoms with Gasteiger partial charge in [0.05, 0.1) is 31.7 Å². The van der Waals surface area contributed by atoms with Crippen LogP contribution in [0.1, 0.15) is 41.6 Å². The van der Waals surface area contributed by atoms with Crippen molar-refractivity contribution in [3.8, 4) is 5.75 Å². The summed E-state index contributed by atoms with van der Waals surface area (Å²) in [5.74, 6) is 1.44. The van der Waals surface area contributed by atoms with Crippen molar-refractivity contribution < 1.29 is 13.9 Å². The molecule has 0 aliphatic carbocycles. The summed E-state index contributed by atoms with van der Waals surface area (Å²) in [7, 11) is 0. The first-order valence-electron chi connectivity index (χ1n) is 9.20. The van der Waals surface area contributed by atoms with Gasteiger partial charge in [-0.2, -0.15) is 0 Å². The van der Waals surface area contributed by atoms with Gasteiger partial charge in [-0.25, -0.2) is 0 Å². The van der Waals surface area contributed by atoms with Crippen LogP contribution in [-0.4, -0.2) is 22.4 Å². The third-order valence-electron chi connectivity index (χ3n) is 4.16. The summed E-state index contributed by atoms with van der Waals surface area (Å²) in [5.41, 5.74) is 1.44. The Hall–Kier alpha value is -3.08. The molecule has 0 atom stereocenters. The third kappa shape index (κ3) is 5.45. The Bertz CT molecular complexity index is 815. The molecule has 5 nitrogen and oxygen atoms in total. The molecule has 0 bridgehead atoms. The van der Waals surface area contributed by atoms with Crippen LogP contribution in [0.2, 0.25) is 0 Å². The molecule has 140 valence electrons. The smallest absolute Gasteiger partial charge is 0.254 e. The molecule has 0 radical (unpaired) electrons. The molecule has 0 aliphatic heterocycles. The minimum atomic E-state index is -0.0721. The Labute approximate surface area is 159 Å². The molecule has 0 spiro atoms. The molecule has 2 heterocycles. The zero-order valence-corrected chi connectivity index (χ0v) is 15.5. The van der Waals surface area contributed by atoms with Crippen LogP contribution < -0.4 is 4.74 Å². The van der Waals surface area contributed by atoms with Gasteiger partial charge in [0.2, 0.25) is 0 Å². The first-order valence-corrected chi connectivity index (χ1v) is 9.20. The van der Waals surface area contributed by atoms with Crippen LogP contribution >= 0.6 is 0 Å². The number of hydrogen-bond donors (Lipinski definition) is 0. The highest BCUT2D eigenvalue weighted by molar-refractivity contribution is 5.94. The van der Waals surface area contributed by atoms with Gasteiger partial charge in [0.15, 0.2) is 0 Å². The summed E-state index contributed by atoms with van der Waals surface area (Å²) < 4.78 is 11.1. The number of benzene rings is 1. The lowest BCUT2D eigenvalue weighted by Gasteiger charge is -2.21. The average Bonchev–Trinajstić information content (AvgIpc) is 3.22. The van der Waals surface area contributed by atoms with Crippen molar-refractivity contribution in [2.24, 2.45) is 0 Å². The minimum absolute atomic E-state index is 0.0721. The number of unbranched alkanes of at least 4 members (excludes halogenated alkanes) is 1. The van der Waals surface area contributed by atoms with Crippen LogP contribution in [0, 0.1) is 0 Å². The molecule has 0 aliphatic rings. The molecular weight excluding hydrogens is 340 g/mol. The molecule has 0 fully saturated rings. The average molecular weight is 364 g/mol. The Morgan fingerprint density at radius 1 is 1.07 bits per heavy atom. The Kier molecular flexibility index (Phi) is 6.63. The summed E-state index contributed by atoms with van der Waals surface area (Å²) in [6.07, 6.45) is 5.45. The molecular formula is C22H24N2O3. The normalized spacial score (nSPS) is 10.6. The van der Waals surface area contributed by atoms with E-state index in [1.165, 1.54) is 0 Å². The molecule has 0 saturated carbocycles. The van der Waals surface area contributed by atoms with E-state index in [4.69, 9.17) is 9.15 Å². The summed E-state index contributed by atoms with van der Waals surface area (Å²) in [4.78, 5) is 19.1. The summed E-state index contributed by atoms with van der Waals surface area (Å²) >= 11 is 0.